The van der Waals surface area contributed by atoms with Gasteiger partial charge < -0.3 is 83.1 Å². The van der Waals surface area contributed by atoms with Crippen LogP contribution in [0.15, 0.2) is 36.2 Å². The number of benzene rings is 1. The Morgan fingerprint density at radius 2 is 1.22 bits per heavy atom. The molecule has 0 fully saturated rings. The number of hydrogen-bond acceptors (Lipinski definition) is 20. The van der Waals surface area contributed by atoms with Crippen molar-refractivity contribution in [3.63, 3.8) is 0 Å². The van der Waals surface area contributed by atoms with Gasteiger partial charge in [0.05, 0.1) is 71.1 Å². The number of likely N-dealkylation sites (N-methyl/N-ethyl adjacent to an activating group) is 2. The summed E-state index contributed by atoms with van der Waals surface area (Å²) in [5.74, 6) is 1.88. The molecule has 79 heavy (non-hydrogen) atoms. The number of hydrazine groups is 1. The van der Waals surface area contributed by atoms with E-state index in [4.69, 9.17) is 57.1 Å². The number of carbonyl (C=O) groups excluding carboxylic acids is 8. The quantitative estimate of drug-likeness (QED) is 0.0211. The van der Waals surface area contributed by atoms with Crippen LogP contribution in [0.4, 0.5) is 15.3 Å². The summed E-state index contributed by atoms with van der Waals surface area (Å²) in [6.45, 7) is 12.6. The summed E-state index contributed by atoms with van der Waals surface area (Å²) in [5, 5.41) is 37.0. The van der Waals surface area contributed by atoms with E-state index in [-0.39, 0.29) is 106 Å². The average molecular weight is 1130 g/mol. The monoisotopic (exact) mass is 1130 g/mol. The summed E-state index contributed by atoms with van der Waals surface area (Å²) in [5.41, 5.74) is 18.6. The van der Waals surface area contributed by atoms with Crippen molar-refractivity contribution in [3.8, 4) is 0 Å². The van der Waals surface area contributed by atoms with Crippen LogP contribution in [0.5, 0.6) is 0 Å². The Morgan fingerprint density at radius 3 is 1.77 bits per heavy atom. The third-order valence-electron chi connectivity index (χ3n) is 11.6. The minimum atomic E-state index is -1.12. The summed E-state index contributed by atoms with van der Waals surface area (Å²) in [6, 6.07) is 0.661. The van der Waals surface area contributed by atoms with E-state index < -0.39 is 71.9 Å². The highest BCUT2D eigenvalue weighted by Gasteiger charge is 2.35. The number of carbonyl (C=O) groups is 8. The zero-order chi connectivity index (χ0) is 59.5. The van der Waals surface area contributed by atoms with E-state index in [0.29, 0.717) is 57.1 Å². The van der Waals surface area contributed by atoms with Gasteiger partial charge >= 0.3 is 12.1 Å². The number of ether oxygens (including phenoxy) is 5. The predicted molar refractivity (Wildman–Crippen MR) is 290 cm³/mol. The van der Waals surface area contributed by atoms with E-state index in [1.165, 1.54) is 25.2 Å². The fraction of sp³-hybridized carbons (Fsp3) is 0.680. The van der Waals surface area contributed by atoms with Crippen LogP contribution >= 0.6 is 0 Å². The standard InChI is InChI=1S/C50H90N14O15/c1-32(2)41(46(68)55-7)61-48(70)43(34(5)6)62(8)50(72)79-30-35-14-16-37(17-15-35)58-45(67)39(13-11-19-57-49(53)71)59-47(69)42(33(3)4)60-44(66)38(52)12-9-10-18-56-40(65)29-63(54)28-36(51)31-78-27-26-77-25-24-76-23-22-75-21-20-64(73)74/h14-17,28,32-34,38-39,41-43,73-74H,9-13,18-27,29-31,51-52,54H2,1-8H3,(H,55,68)(H,56,65)(H,58,67)(H,59,69)(H,60,66)(H,61,70)(H3,53,57,71)/b36-28-/t38-,39-,41-,42-,43-/m0/s1. The second kappa shape index (κ2) is 39.8. The Balaban J connectivity index is 2.67. The fourth-order valence-electron chi connectivity index (χ4n) is 7.33. The highest BCUT2D eigenvalue weighted by atomic mass is 16.8. The number of nitrogens with zero attached hydrogens (tertiary/aromatic N) is 3. The van der Waals surface area contributed by atoms with Crippen molar-refractivity contribution in [2.75, 3.05) is 98.4 Å². The number of rotatable bonds is 41. The molecule has 0 bridgehead atoms. The third kappa shape index (κ3) is 31.1. The molecule has 0 saturated heterocycles. The van der Waals surface area contributed by atoms with Crippen LogP contribution in [0.1, 0.15) is 79.2 Å². The minimum Gasteiger partial charge on any atom is -0.445 e. The maximum atomic E-state index is 13.7. The van der Waals surface area contributed by atoms with E-state index in [0.717, 1.165) is 5.01 Å². The number of nitrogens with one attached hydrogen (secondary N) is 7. The molecular weight excluding hydrogens is 1040 g/mol. The third-order valence-corrected chi connectivity index (χ3v) is 11.6. The largest absolute Gasteiger partial charge is 0.445 e. The maximum Gasteiger partial charge on any atom is 0.410 e. The van der Waals surface area contributed by atoms with Crippen LogP contribution in [0, 0.1) is 17.8 Å². The molecule has 0 radical (unpaired) electrons. The second-order valence-corrected chi connectivity index (χ2v) is 19.4. The molecule has 0 aliphatic rings. The Hall–Kier alpha value is -6.44. The van der Waals surface area contributed by atoms with E-state index >= 15 is 0 Å². The molecule has 450 valence electrons. The SMILES string of the molecule is CNC(=O)[C@@H](NC(=O)[C@H](C(C)C)N(C)C(=O)OCc1ccc(NC(=O)[C@H](CCCNC(N)=O)NC(=O)[C@@H](NC(=O)[C@@H](N)CCCCNC(=O)CN(N)/C=C(\N)COCCOCCOCCOCCN(O)O)C(C)C)cc1)C(C)C. The molecule has 0 saturated carbocycles. The van der Waals surface area contributed by atoms with Crippen molar-refractivity contribution in [2.45, 2.75) is 110 Å². The summed E-state index contributed by atoms with van der Waals surface area (Å²) in [6.07, 6.45) is 2.09. The number of amides is 9. The molecule has 0 spiro atoms. The normalized spacial score (nSPS) is 13.4. The van der Waals surface area contributed by atoms with Gasteiger partial charge in [0.25, 0.3) is 0 Å². The Labute approximate surface area is 463 Å². The van der Waals surface area contributed by atoms with Gasteiger partial charge in [0.1, 0.15) is 37.3 Å². The maximum absolute atomic E-state index is 13.7. The lowest BCUT2D eigenvalue weighted by Gasteiger charge is -2.31. The van der Waals surface area contributed by atoms with Gasteiger partial charge in [-0.15, -0.1) is 0 Å². The van der Waals surface area contributed by atoms with Gasteiger partial charge in [0.2, 0.25) is 35.4 Å². The average Bonchev–Trinajstić information content (AvgIpc) is 3.37. The van der Waals surface area contributed by atoms with Crippen LogP contribution in [0.3, 0.4) is 0 Å². The molecular formula is C50H90N14O15. The van der Waals surface area contributed by atoms with E-state index in [1.807, 2.05) is 0 Å². The molecule has 0 unspecified atom stereocenters. The number of anilines is 1. The van der Waals surface area contributed by atoms with Crippen LogP contribution in [-0.4, -0.2) is 196 Å². The summed E-state index contributed by atoms with van der Waals surface area (Å²) >= 11 is 0. The van der Waals surface area contributed by atoms with Crippen LogP contribution < -0.4 is 60.3 Å². The van der Waals surface area contributed by atoms with Crippen LogP contribution in [-0.2, 0) is 59.1 Å². The summed E-state index contributed by atoms with van der Waals surface area (Å²) < 4.78 is 26.9. The van der Waals surface area contributed by atoms with Crippen molar-refractivity contribution in [3.05, 3.63) is 41.7 Å². The Bertz CT molecular complexity index is 2030. The fourth-order valence-corrected chi connectivity index (χ4v) is 7.33. The predicted octanol–water partition coefficient (Wildman–Crippen LogP) is -1.08. The number of urea groups is 1. The number of hydrogen-bond donors (Lipinski definition) is 13. The van der Waals surface area contributed by atoms with E-state index in [9.17, 15) is 38.4 Å². The minimum absolute atomic E-state index is 0.0356. The Morgan fingerprint density at radius 1 is 0.658 bits per heavy atom. The van der Waals surface area contributed by atoms with Gasteiger partial charge in [-0.05, 0) is 67.6 Å². The highest BCUT2D eigenvalue weighted by Crippen LogP contribution is 2.16. The number of nitrogens with two attached hydrogens (primary N) is 4. The molecule has 1 aromatic rings. The summed E-state index contributed by atoms with van der Waals surface area (Å²) in [7, 11) is 2.91. The van der Waals surface area contributed by atoms with Crippen molar-refractivity contribution in [2.24, 2.45) is 40.8 Å². The molecule has 17 N–H and O–H groups in total. The van der Waals surface area contributed by atoms with Crippen LogP contribution in [0.25, 0.3) is 0 Å². The van der Waals surface area contributed by atoms with Gasteiger partial charge in [0.15, 0.2) is 0 Å². The zero-order valence-electron chi connectivity index (χ0n) is 47.1. The Kier molecular flexibility index (Phi) is 35.6. The van der Waals surface area contributed by atoms with Crippen LogP contribution in [0.2, 0.25) is 0 Å². The molecule has 5 atom stereocenters. The smallest absolute Gasteiger partial charge is 0.410 e. The first kappa shape index (κ1) is 70.6. The lowest BCUT2D eigenvalue weighted by Crippen LogP contribution is -2.56. The van der Waals surface area contributed by atoms with Crippen molar-refractivity contribution >= 4 is 53.3 Å². The number of primary amides is 1. The lowest BCUT2D eigenvalue weighted by molar-refractivity contribution is -0.310. The van der Waals surface area contributed by atoms with Gasteiger partial charge in [0, 0.05) is 39.1 Å². The highest BCUT2D eigenvalue weighted by molar-refractivity contribution is 5.98. The van der Waals surface area contributed by atoms with Crippen molar-refractivity contribution in [1.82, 2.24) is 47.0 Å². The zero-order valence-corrected chi connectivity index (χ0v) is 47.1. The van der Waals surface area contributed by atoms with E-state index in [1.54, 1.807) is 65.8 Å². The molecule has 29 nitrogen and oxygen atoms in total. The van der Waals surface area contributed by atoms with Gasteiger partial charge in [-0.3, -0.25) is 44.1 Å². The molecule has 0 aliphatic carbocycles. The van der Waals surface area contributed by atoms with Gasteiger partial charge in [-0.1, -0.05) is 58.9 Å². The van der Waals surface area contributed by atoms with Gasteiger partial charge in [-0.2, -0.15) is 0 Å². The van der Waals surface area contributed by atoms with Gasteiger partial charge in [-0.25, -0.2) is 15.4 Å². The topological polar surface area (TPSA) is 421 Å². The molecule has 29 heteroatoms. The lowest BCUT2D eigenvalue weighted by atomic mass is 9.99. The van der Waals surface area contributed by atoms with Crippen molar-refractivity contribution < 1.29 is 72.5 Å². The molecule has 0 aliphatic heterocycles. The first-order valence-corrected chi connectivity index (χ1v) is 26.3. The second-order valence-electron chi connectivity index (χ2n) is 19.4. The van der Waals surface area contributed by atoms with E-state index in [2.05, 4.69) is 37.2 Å². The molecule has 0 aromatic heterocycles. The first-order valence-electron chi connectivity index (χ1n) is 26.3. The molecule has 0 heterocycles. The van der Waals surface area contributed by atoms with Crippen molar-refractivity contribution in [1.29, 1.82) is 0 Å². The molecule has 1 rings (SSSR count). The summed E-state index contributed by atoms with van der Waals surface area (Å²) in [4.78, 5) is 104. The number of unbranched alkanes of at least 4 members (excludes halogenated alkanes) is 1. The number of hydroxylamine groups is 2. The molecule has 1 aromatic carbocycles. The first-order chi connectivity index (χ1) is 37.4. The molecule has 9 amide bonds.